The van der Waals surface area contributed by atoms with E-state index in [1.54, 1.807) is 0 Å². The smallest absolute Gasteiger partial charge is 0.274 e. The van der Waals surface area contributed by atoms with Gasteiger partial charge in [0.05, 0.1) is 36.6 Å². The van der Waals surface area contributed by atoms with Gasteiger partial charge in [-0.1, -0.05) is 18.2 Å². The van der Waals surface area contributed by atoms with Crippen molar-refractivity contribution in [3.05, 3.63) is 51.5 Å². The number of carbonyl (C=O) groups excluding carboxylic acids is 1. The Morgan fingerprint density at radius 1 is 1.21 bits per heavy atom. The monoisotopic (exact) mass is 360 g/mol. The Bertz CT molecular complexity index is 905. The highest BCUT2D eigenvalue weighted by molar-refractivity contribution is 7.71. The van der Waals surface area contributed by atoms with Gasteiger partial charge in [-0.2, -0.15) is 0 Å². The summed E-state index contributed by atoms with van der Waals surface area (Å²) in [7, 11) is 0. The molecule has 1 aliphatic rings. The zero-order valence-electron chi connectivity index (χ0n) is 13.1. The molecule has 0 aliphatic carbocycles. The lowest BCUT2D eigenvalue weighted by molar-refractivity contribution is -0.926. The molecular formula is C17H18N3O2S2+. The van der Waals surface area contributed by atoms with Crippen LogP contribution in [0, 0.1) is 4.84 Å². The van der Waals surface area contributed by atoms with Crippen LogP contribution < -0.4 is 4.90 Å². The summed E-state index contributed by atoms with van der Waals surface area (Å²) >= 11 is 6.86. The first kappa shape index (κ1) is 15.6. The number of thiophene rings is 1. The zero-order chi connectivity index (χ0) is 16.5. The van der Waals surface area contributed by atoms with Gasteiger partial charge in [-0.3, -0.25) is 9.36 Å². The fourth-order valence-corrected chi connectivity index (χ4v) is 4.07. The number of oxazole rings is 1. The van der Waals surface area contributed by atoms with E-state index in [1.807, 2.05) is 46.7 Å². The van der Waals surface area contributed by atoms with Gasteiger partial charge in [0.1, 0.15) is 0 Å². The molecule has 1 amide bonds. The summed E-state index contributed by atoms with van der Waals surface area (Å²) in [5, 5.41) is 1.94. The third kappa shape index (κ3) is 2.90. The van der Waals surface area contributed by atoms with Gasteiger partial charge in [-0.25, -0.2) is 0 Å². The van der Waals surface area contributed by atoms with E-state index in [0.717, 1.165) is 48.8 Å². The van der Waals surface area contributed by atoms with Crippen molar-refractivity contribution in [1.82, 2.24) is 9.47 Å². The highest BCUT2D eigenvalue weighted by Crippen LogP contribution is 2.16. The first-order chi connectivity index (χ1) is 11.7. The molecule has 1 aromatic carbocycles. The number of piperazine rings is 1. The van der Waals surface area contributed by atoms with Gasteiger partial charge in [-0.05, 0) is 35.8 Å². The molecule has 0 unspecified atom stereocenters. The number of quaternary nitrogens is 1. The Morgan fingerprint density at radius 2 is 2.00 bits per heavy atom. The number of rotatable bonds is 3. The topological polar surface area (TPSA) is 42.8 Å². The molecule has 1 aliphatic heterocycles. The first-order valence-corrected chi connectivity index (χ1v) is 9.26. The van der Waals surface area contributed by atoms with Crippen LogP contribution in [0.25, 0.3) is 11.1 Å². The van der Waals surface area contributed by atoms with Crippen molar-refractivity contribution >= 4 is 40.6 Å². The van der Waals surface area contributed by atoms with E-state index >= 15 is 0 Å². The Labute approximate surface area is 148 Å². The largest absolute Gasteiger partial charge is 0.429 e. The lowest BCUT2D eigenvalue weighted by atomic mass is 10.3. The van der Waals surface area contributed by atoms with E-state index in [-0.39, 0.29) is 5.91 Å². The number of amides is 1. The average Bonchev–Trinajstić information content (AvgIpc) is 3.24. The van der Waals surface area contributed by atoms with Gasteiger partial charge in [0.15, 0.2) is 12.3 Å². The predicted molar refractivity (Wildman–Crippen MR) is 96.0 cm³/mol. The Hall–Kier alpha value is -1.96. The Morgan fingerprint density at radius 3 is 2.75 bits per heavy atom. The van der Waals surface area contributed by atoms with Crippen molar-refractivity contribution in [3.8, 4) is 0 Å². The van der Waals surface area contributed by atoms with Crippen LogP contribution in [0.1, 0.15) is 9.67 Å². The second-order valence-corrected chi connectivity index (χ2v) is 7.24. The second kappa shape index (κ2) is 6.51. The molecule has 0 radical (unpaired) electrons. The third-order valence-corrected chi connectivity index (χ3v) is 5.61. The van der Waals surface area contributed by atoms with Crippen LogP contribution in [0.4, 0.5) is 0 Å². The molecule has 0 saturated carbocycles. The molecule has 3 aromatic rings. The molecule has 124 valence electrons. The molecule has 0 atom stereocenters. The normalized spacial score (nSPS) is 15.9. The number of aromatic nitrogens is 1. The van der Waals surface area contributed by atoms with Crippen LogP contribution in [0.5, 0.6) is 0 Å². The average molecular weight is 360 g/mol. The predicted octanol–water partition coefficient (Wildman–Crippen LogP) is 2.02. The van der Waals surface area contributed by atoms with Crippen LogP contribution in [-0.2, 0) is 6.67 Å². The minimum atomic E-state index is 0.148. The van der Waals surface area contributed by atoms with Gasteiger partial charge in [-0.15, -0.1) is 11.3 Å². The van der Waals surface area contributed by atoms with Crippen LogP contribution in [0.2, 0.25) is 0 Å². The fourth-order valence-electron chi connectivity index (χ4n) is 3.13. The van der Waals surface area contributed by atoms with E-state index in [2.05, 4.69) is 4.57 Å². The molecule has 1 saturated heterocycles. The van der Waals surface area contributed by atoms with Crippen molar-refractivity contribution in [1.29, 1.82) is 0 Å². The molecule has 0 spiro atoms. The molecule has 7 heteroatoms. The van der Waals surface area contributed by atoms with E-state index in [9.17, 15) is 4.79 Å². The molecule has 0 bridgehead atoms. The zero-order valence-corrected chi connectivity index (χ0v) is 14.7. The van der Waals surface area contributed by atoms with Crippen molar-refractivity contribution in [3.63, 3.8) is 0 Å². The molecule has 5 nitrogen and oxygen atoms in total. The fraction of sp³-hybridized carbons (Fsp3) is 0.294. The summed E-state index contributed by atoms with van der Waals surface area (Å²) in [6.07, 6.45) is 0. The summed E-state index contributed by atoms with van der Waals surface area (Å²) in [6, 6.07) is 11.7. The van der Waals surface area contributed by atoms with Gasteiger partial charge < -0.3 is 14.2 Å². The van der Waals surface area contributed by atoms with E-state index < -0.39 is 0 Å². The maximum atomic E-state index is 12.4. The second-order valence-electron chi connectivity index (χ2n) is 5.94. The van der Waals surface area contributed by atoms with Gasteiger partial charge in [0.2, 0.25) is 0 Å². The standard InChI is InChI=1S/C17H17N3O2S2/c21-16(15-6-3-11-24-15)19-9-7-18(8-10-19)12-20-13-4-1-2-5-14(13)22-17(20)23/h1-6,11H,7-10,12H2/p+1. The van der Waals surface area contributed by atoms with Crippen LogP contribution in [0.3, 0.4) is 0 Å². The van der Waals surface area contributed by atoms with Gasteiger partial charge >= 0.3 is 0 Å². The highest BCUT2D eigenvalue weighted by atomic mass is 32.1. The summed E-state index contributed by atoms with van der Waals surface area (Å²) in [4.78, 5) is 17.1. The van der Waals surface area contributed by atoms with Crippen molar-refractivity contribution in [2.45, 2.75) is 6.67 Å². The van der Waals surface area contributed by atoms with Crippen LogP contribution in [0.15, 0.2) is 46.2 Å². The Kier molecular flexibility index (Phi) is 4.22. The number of hydrogen-bond donors (Lipinski definition) is 1. The summed E-state index contributed by atoms with van der Waals surface area (Å²) < 4.78 is 7.70. The van der Waals surface area contributed by atoms with E-state index in [1.165, 1.54) is 16.2 Å². The number of carbonyl (C=O) groups is 1. The number of nitrogens with one attached hydrogen (secondary N) is 1. The number of hydrogen-bond acceptors (Lipinski definition) is 4. The molecule has 1 fully saturated rings. The molecule has 3 heterocycles. The molecular weight excluding hydrogens is 342 g/mol. The minimum absolute atomic E-state index is 0.148. The maximum absolute atomic E-state index is 12.4. The number of nitrogens with zero attached hydrogens (tertiary/aromatic N) is 2. The number of para-hydroxylation sites is 2. The van der Waals surface area contributed by atoms with Crippen LogP contribution >= 0.6 is 23.6 Å². The number of benzene rings is 1. The summed E-state index contributed by atoms with van der Waals surface area (Å²) in [5.41, 5.74) is 1.86. The quantitative estimate of drug-likeness (QED) is 0.727. The molecule has 24 heavy (non-hydrogen) atoms. The van der Waals surface area contributed by atoms with Crippen molar-refractivity contribution in [2.75, 3.05) is 26.2 Å². The summed E-state index contributed by atoms with van der Waals surface area (Å²) in [5.74, 6) is 0.148. The van der Waals surface area contributed by atoms with Gasteiger partial charge in [0, 0.05) is 0 Å². The minimum Gasteiger partial charge on any atom is -0.429 e. The van der Waals surface area contributed by atoms with Gasteiger partial charge in [0.25, 0.3) is 10.7 Å². The van der Waals surface area contributed by atoms with Crippen molar-refractivity contribution in [2.24, 2.45) is 0 Å². The maximum Gasteiger partial charge on any atom is 0.274 e. The lowest BCUT2D eigenvalue weighted by Gasteiger charge is -2.32. The number of fused-ring (bicyclic) bond motifs is 1. The van der Waals surface area contributed by atoms with Crippen molar-refractivity contribution < 1.29 is 14.1 Å². The first-order valence-electron chi connectivity index (χ1n) is 7.97. The Balaban J connectivity index is 1.44. The molecule has 4 rings (SSSR count). The molecule has 2 aromatic heterocycles. The lowest BCUT2D eigenvalue weighted by Crippen LogP contribution is -3.14. The SMILES string of the molecule is O=C(c1cccs1)N1CC[NH+](Cn2c(=S)oc3ccccc32)CC1. The van der Waals surface area contributed by atoms with Crippen LogP contribution in [-0.4, -0.2) is 41.6 Å². The van der Waals surface area contributed by atoms with E-state index in [4.69, 9.17) is 16.6 Å². The summed E-state index contributed by atoms with van der Waals surface area (Å²) in [6.45, 7) is 4.15. The molecule has 1 N–H and O–H groups in total. The highest BCUT2D eigenvalue weighted by Gasteiger charge is 2.25. The third-order valence-electron chi connectivity index (χ3n) is 4.45. The van der Waals surface area contributed by atoms with E-state index in [0.29, 0.717) is 4.84 Å².